The molecule has 0 unspecified atom stereocenters. The molecule has 0 atom stereocenters. The van der Waals surface area contributed by atoms with Crippen LogP contribution in [0.4, 0.5) is 0 Å². The molecule has 0 fully saturated rings. The number of methoxy groups -OCH3 is 1. The van der Waals surface area contributed by atoms with E-state index in [4.69, 9.17) is 26.6 Å². The molecule has 0 saturated carbocycles. The van der Waals surface area contributed by atoms with Gasteiger partial charge in [0, 0.05) is 11.6 Å². The van der Waals surface area contributed by atoms with Crippen LogP contribution in [-0.2, 0) is 9.84 Å². The van der Waals surface area contributed by atoms with Gasteiger partial charge in [-0.3, -0.25) is 0 Å². The molecule has 0 aromatic heterocycles. The predicted molar refractivity (Wildman–Crippen MR) is 78.0 cm³/mol. The fourth-order valence-electron chi connectivity index (χ4n) is 1.86. The number of carboxylic acids is 1. The zero-order valence-electron chi connectivity index (χ0n) is 11.5. The molecule has 2 N–H and O–H groups in total. The summed E-state index contributed by atoms with van der Waals surface area (Å²) in [6, 6.07) is 2.34. The topological polar surface area (TPSA) is 101 Å². The first-order valence-electron chi connectivity index (χ1n) is 6.28. The zero-order chi connectivity index (χ0) is 16.0. The van der Waals surface area contributed by atoms with E-state index < -0.39 is 15.8 Å². The second-order valence-corrected chi connectivity index (χ2v) is 6.91. The van der Waals surface area contributed by atoms with Crippen LogP contribution in [0, 0.1) is 0 Å². The Balaban J connectivity index is 3.19. The lowest BCUT2D eigenvalue weighted by atomic mass is 10.2. The predicted octanol–water partition coefficient (Wildman–Crippen LogP) is 1.98. The minimum atomic E-state index is -3.72. The summed E-state index contributed by atoms with van der Waals surface area (Å²) in [6.45, 7) is 0.00367. The van der Waals surface area contributed by atoms with Crippen molar-refractivity contribution in [1.82, 2.24) is 0 Å². The van der Waals surface area contributed by atoms with Gasteiger partial charge in [0.05, 0.1) is 12.9 Å². The molecule has 0 spiro atoms. The van der Waals surface area contributed by atoms with Gasteiger partial charge in [-0.05, 0) is 25.0 Å². The molecule has 0 aliphatic heterocycles. The van der Waals surface area contributed by atoms with E-state index in [0.717, 1.165) is 6.07 Å². The summed E-state index contributed by atoms with van der Waals surface area (Å²) in [7, 11) is -2.51. The number of ether oxygens (including phenoxy) is 1. The number of benzene rings is 1. The number of sulfone groups is 1. The molecular formula is C13H17ClO6S. The van der Waals surface area contributed by atoms with Crippen LogP contribution in [0.25, 0.3) is 0 Å². The maximum absolute atomic E-state index is 12.3. The third kappa shape index (κ3) is 4.59. The van der Waals surface area contributed by atoms with Crippen LogP contribution >= 0.6 is 11.6 Å². The molecule has 8 heteroatoms. The zero-order valence-corrected chi connectivity index (χ0v) is 13.1. The normalized spacial score (nSPS) is 11.4. The minimum absolute atomic E-state index is 0.00367. The molecule has 0 aliphatic rings. The van der Waals surface area contributed by atoms with E-state index in [2.05, 4.69) is 0 Å². The molecule has 0 bridgehead atoms. The number of hydrogen-bond donors (Lipinski definition) is 2. The van der Waals surface area contributed by atoms with Gasteiger partial charge in [0.15, 0.2) is 15.6 Å². The number of aliphatic hydroxyl groups excluding tert-OH is 1. The molecule has 21 heavy (non-hydrogen) atoms. The summed E-state index contributed by atoms with van der Waals surface area (Å²) < 4.78 is 29.6. The van der Waals surface area contributed by atoms with Crippen LogP contribution in [0.3, 0.4) is 0 Å². The second-order valence-electron chi connectivity index (χ2n) is 4.39. The minimum Gasteiger partial charge on any atom is -0.494 e. The highest BCUT2D eigenvalue weighted by Gasteiger charge is 2.25. The molecule has 0 saturated heterocycles. The Hall–Kier alpha value is -1.31. The van der Waals surface area contributed by atoms with Crippen LogP contribution in [-0.4, -0.2) is 44.1 Å². The third-order valence-electron chi connectivity index (χ3n) is 2.86. The summed E-state index contributed by atoms with van der Waals surface area (Å²) in [6.07, 6.45) is 1.44. The van der Waals surface area contributed by atoms with Gasteiger partial charge in [-0.1, -0.05) is 18.0 Å². The molecule has 0 aliphatic carbocycles. The maximum atomic E-state index is 12.3. The van der Waals surface area contributed by atoms with Gasteiger partial charge in [-0.2, -0.15) is 0 Å². The average molecular weight is 337 g/mol. The molecule has 6 nitrogen and oxygen atoms in total. The van der Waals surface area contributed by atoms with Crippen LogP contribution in [0.2, 0.25) is 5.02 Å². The smallest absolute Gasteiger partial charge is 0.339 e. The summed E-state index contributed by atoms with van der Waals surface area (Å²) in [5, 5.41) is 17.8. The van der Waals surface area contributed by atoms with E-state index in [9.17, 15) is 13.2 Å². The number of carbonyl (C=O) groups is 1. The first kappa shape index (κ1) is 17.7. The van der Waals surface area contributed by atoms with Crippen molar-refractivity contribution in [3.63, 3.8) is 0 Å². The van der Waals surface area contributed by atoms with E-state index in [0.29, 0.717) is 19.3 Å². The number of hydrogen-bond acceptors (Lipinski definition) is 5. The molecular weight excluding hydrogens is 320 g/mol. The second kappa shape index (κ2) is 7.63. The Morgan fingerprint density at radius 1 is 1.29 bits per heavy atom. The summed E-state index contributed by atoms with van der Waals surface area (Å²) >= 11 is 5.80. The van der Waals surface area contributed by atoms with Gasteiger partial charge < -0.3 is 14.9 Å². The molecule has 1 rings (SSSR count). The molecule has 1 aromatic carbocycles. The van der Waals surface area contributed by atoms with Crippen LogP contribution in [0.1, 0.15) is 29.6 Å². The van der Waals surface area contributed by atoms with Crippen LogP contribution in [0.15, 0.2) is 17.0 Å². The first-order valence-corrected chi connectivity index (χ1v) is 8.31. The standard InChI is InChI=1S/C13H17ClO6S/c1-20-12-10(13(16)17)7-9(14)8-11(12)21(18,19)6-4-2-3-5-15/h7-8,15H,2-6H2,1H3,(H,16,17). The number of carboxylic acid groups (broad SMARTS) is 1. The largest absolute Gasteiger partial charge is 0.494 e. The van der Waals surface area contributed by atoms with Crippen molar-refractivity contribution in [2.45, 2.75) is 24.2 Å². The maximum Gasteiger partial charge on any atom is 0.339 e. The highest BCUT2D eigenvalue weighted by molar-refractivity contribution is 7.91. The van der Waals surface area contributed by atoms with Gasteiger partial charge in [0.25, 0.3) is 0 Å². The lowest BCUT2D eigenvalue weighted by molar-refractivity contribution is 0.0693. The Labute approximate surface area is 128 Å². The van der Waals surface area contributed by atoms with E-state index in [1.807, 2.05) is 0 Å². The quantitative estimate of drug-likeness (QED) is 0.704. The SMILES string of the molecule is COc1c(C(=O)O)cc(Cl)cc1S(=O)(=O)CCCCCO. The van der Waals surface area contributed by atoms with Gasteiger partial charge in [0.2, 0.25) is 0 Å². The Morgan fingerprint density at radius 2 is 1.95 bits per heavy atom. The molecule has 0 radical (unpaired) electrons. The summed E-state index contributed by atoms with van der Waals surface area (Å²) in [4.78, 5) is 10.9. The highest BCUT2D eigenvalue weighted by atomic mass is 35.5. The van der Waals surface area contributed by atoms with Crippen LogP contribution in [0.5, 0.6) is 5.75 Å². The van der Waals surface area contributed by atoms with Gasteiger partial charge >= 0.3 is 5.97 Å². The average Bonchev–Trinajstić information content (AvgIpc) is 2.42. The molecule has 0 amide bonds. The van der Waals surface area contributed by atoms with Crippen molar-refractivity contribution in [2.24, 2.45) is 0 Å². The lowest BCUT2D eigenvalue weighted by Gasteiger charge is -2.12. The van der Waals surface area contributed by atoms with Crippen molar-refractivity contribution in [3.8, 4) is 5.75 Å². The van der Waals surface area contributed by atoms with Crippen molar-refractivity contribution in [1.29, 1.82) is 0 Å². The van der Waals surface area contributed by atoms with E-state index in [-0.39, 0.29) is 33.6 Å². The summed E-state index contributed by atoms with van der Waals surface area (Å²) in [5.74, 6) is -1.69. The number of halogens is 1. The van der Waals surface area contributed by atoms with Gasteiger partial charge in [0.1, 0.15) is 10.5 Å². The van der Waals surface area contributed by atoms with Gasteiger partial charge in [-0.25, -0.2) is 13.2 Å². The Kier molecular flexibility index (Phi) is 6.44. The van der Waals surface area contributed by atoms with E-state index >= 15 is 0 Å². The van der Waals surface area contributed by atoms with Crippen molar-refractivity contribution in [2.75, 3.05) is 19.5 Å². The number of aromatic carboxylic acids is 1. The monoisotopic (exact) mass is 336 g/mol. The first-order chi connectivity index (χ1) is 9.83. The molecule has 118 valence electrons. The van der Waals surface area contributed by atoms with Crippen LogP contribution < -0.4 is 4.74 Å². The van der Waals surface area contributed by atoms with Crippen molar-refractivity contribution < 1.29 is 28.2 Å². The van der Waals surface area contributed by atoms with Gasteiger partial charge in [-0.15, -0.1) is 0 Å². The molecule has 0 heterocycles. The fraction of sp³-hybridized carbons (Fsp3) is 0.462. The number of unbranched alkanes of at least 4 members (excludes halogenated alkanes) is 2. The molecule has 1 aromatic rings. The number of aliphatic hydroxyl groups is 1. The van der Waals surface area contributed by atoms with Crippen molar-refractivity contribution in [3.05, 3.63) is 22.7 Å². The third-order valence-corrected chi connectivity index (χ3v) is 4.88. The fourth-order valence-corrected chi connectivity index (χ4v) is 3.73. The van der Waals surface area contributed by atoms with E-state index in [1.165, 1.54) is 13.2 Å². The number of rotatable bonds is 8. The Morgan fingerprint density at radius 3 is 2.48 bits per heavy atom. The van der Waals surface area contributed by atoms with Crippen molar-refractivity contribution >= 4 is 27.4 Å². The highest BCUT2D eigenvalue weighted by Crippen LogP contribution is 2.32. The Bertz CT molecular complexity index is 611. The lowest BCUT2D eigenvalue weighted by Crippen LogP contribution is -2.12. The summed E-state index contributed by atoms with van der Waals surface area (Å²) in [5.41, 5.74) is -0.293. The van der Waals surface area contributed by atoms with E-state index in [1.54, 1.807) is 0 Å².